The van der Waals surface area contributed by atoms with Crippen LogP contribution in [0.5, 0.6) is 0 Å². The van der Waals surface area contributed by atoms with Crippen molar-refractivity contribution in [3.8, 4) is 0 Å². The molecule has 0 saturated carbocycles. The first kappa shape index (κ1) is 13.8. The quantitative estimate of drug-likeness (QED) is 0.615. The number of pyridine rings is 1. The fourth-order valence-electron chi connectivity index (χ4n) is 4.12. The van der Waals surface area contributed by atoms with E-state index in [2.05, 4.69) is 58.0 Å². The third kappa shape index (κ3) is 1.80. The molecule has 0 unspecified atom stereocenters. The van der Waals surface area contributed by atoms with E-state index in [0.717, 1.165) is 37.1 Å². The van der Waals surface area contributed by atoms with Crippen molar-refractivity contribution in [1.82, 2.24) is 9.55 Å². The van der Waals surface area contributed by atoms with Gasteiger partial charge >= 0.3 is 0 Å². The van der Waals surface area contributed by atoms with Crippen LogP contribution < -0.4 is 10.6 Å². The highest BCUT2D eigenvalue weighted by Crippen LogP contribution is 2.40. The number of hydrogen-bond donors (Lipinski definition) is 1. The van der Waals surface area contributed by atoms with Crippen LogP contribution in [-0.2, 0) is 6.54 Å². The van der Waals surface area contributed by atoms with Crippen LogP contribution in [0.15, 0.2) is 48.5 Å². The second kappa shape index (κ2) is 5.21. The number of fused-ring (bicyclic) bond motifs is 5. The molecule has 4 nitrogen and oxygen atoms in total. The van der Waals surface area contributed by atoms with Crippen molar-refractivity contribution in [2.75, 3.05) is 24.5 Å². The summed E-state index contributed by atoms with van der Waals surface area (Å²) in [7, 11) is 0. The summed E-state index contributed by atoms with van der Waals surface area (Å²) in [5, 5.41) is 2.47. The predicted octanol–water partition coefficient (Wildman–Crippen LogP) is 3.51. The summed E-state index contributed by atoms with van der Waals surface area (Å²) >= 11 is 0. The van der Waals surface area contributed by atoms with Gasteiger partial charge in [0.1, 0.15) is 0 Å². The van der Waals surface area contributed by atoms with Crippen molar-refractivity contribution in [2.24, 2.45) is 5.73 Å². The van der Waals surface area contributed by atoms with Gasteiger partial charge in [-0.15, -0.1) is 0 Å². The third-order valence-electron chi connectivity index (χ3n) is 5.08. The van der Waals surface area contributed by atoms with Crippen molar-refractivity contribution < 1.29 is 0 Å². The van der Waals surface area contributed by atoms with Crippen LogP contribution in [0, 0.1) is 0 Å². The molecule has 0 saturated heterocycles. The Hall–Kier alpha value is -2.59. The maximum Gasteiger partial charge on any atom is 0.0988 e. The molecule has 1 aliphatic rings. The molecular formula is C20H20N4. The molecule has 3 heterocycles. The Balaban J connectivity index is 2.03. The van der Waals surface area contributed by atoms with Gasteiger partial charge in [0.05, 0.1) is 27.8 Å². The summed E-state index contributed by atoms with van der Waals surface area (Å²) < 4.78 is 2.45. The number of hydrogen-bond acceptors (Lipinski definition) is 3. The van der Waals surface area contributed by atoms with E-state index in [1.807, 2.05) is 0 Å². The molecule has 1 aliphatic heterocycles. The zero-order chi connectivity index (χ0) is 16.1. The van der Waals surface area contributed by atoms with Gasteiger partial charge < -0.3 is 15.2 Å². The Morgan fingerprint density at radius 1 is 0.958 bits per heavy atom. The SMILES string of the molecule is NCCN1CCCn2c3ccccc3c3nc4ccccc4c1c32. The molecule has 4 heteroatoms. The Morgan fingerprint density at radius 2 is 1.75 bits per heavy atom. The van der Waals surface area contributed by atoms with Crippen molar-refractivity contribution in [3.05, 3.63) is 48.5 Å². The third-order valence-corrected chi connectivity index (χ3v) is 5.08. The van der Waals surface area contributed by atoms with Gasteiger partial charge in [0.25, 0.3) is 0 Å². The van der Waals surface area contributed by atoms with E-state index in [1.54, 1.807) is 0 Å². The van der Waals surface area contributed by atoms with Gasteiger partial charge in [0.2, 0.25) is 0 Å². The van der Waals surface area contributed by atoms with Crippen LogP contribution in [0.2, 0.25) is 0 Å². The van der Waals surface area contributed by atoms with Crippen LogP contribution in [-0.4, -0.2) is 29.2 Å². The highest BCUT2D eigenvalue weighted by molar-refractivity contribution is 6.16. The monoisotopic (exact) mass is 316 g/mol. The van der Waals surface area contributed by atoms with Crippen LogP contribution in [0.25, 0.3) is 32.8 Å². The van der Waals surface area contributed by atoms with E-state index >= 15 is 0 Å². The molecule has 4 aromatic rings. The number of nitrogens with zero attached hydrogens (tertiary/aromatic N) is 3. The molecule has 0 amide bonds. The summed E-state index contributed by atoms with van der Waals surface area (Å²) in [5.41, 5.74) is 11.9. The second-order valence-electron chi connectivity index (χ2n) is 6.47. The minimum Gasteiger partial charge on any atom is -0.368 e. The average molecular weight is 316 g/mol. The van der Waals surface area contributed by atoms with E-state index in [-0.39, 0.29) is 0 Å². The smallest absolute Gasteiger partial charge is 0.0988 e. The predicted molar refractivity (Wildman–Crippen MR) is 101 cm³/mol. The molecule has 2 aromatic heterocycles. The molecule has 0 atom stereocenters. The lowest BCUT2D eigenvalue weighted by molar-refractivity contribution is 0.668. The molecule has 0 spiro atoms. The molecule has 24 heavy (non-hydrogen) atoms. The molecule has 2 N–H and O–H groups in total. The molecule has 2 aromatic carbocycles. The van der Waals surface area contributed by atoms with Crippen LogP contribution in [0.4, 0.5) is 5.69 Å². The van der Waals surface area contributed by atoms with Gasteiger partial charge in [-0.1, -0.05) is 36.4 Å². The van der Waals surface area contributed by atoms with E-state index in [1.165, 1.54) is 27.5 Å². The summed E-state index contributed by atoms with van der Waals surface area (Å²) in [6.45, 7) is 3.61. The average Bonchev–Trinajstić information content (AvgIpc) is 2.80. The lowest BCUT2D eigenvalue weighted by atomic mass is 10.1. The lowest BCUT2D eigenvalue weighted by Crippen LogP contribution is -2.30. The summed E-state index contributed by atoms with van der Waals surface area (Å²) in [4.78, 5) is 7.48. The second-order valence-corrected chi connectivity index (χ2v) is 6.47. The van der Waals surface area contributed by atoms with Gasteiger partial charge in [0.15, 0.2) is 0 Å². The fourth-order valence-corrected chi connectivity index (χ4v) is 4.12. The maximum atomic E-state index is 5.91. The number of aryl methyl sites for hydroxylation is 1. The first-order valence-electron chi connectivity index (χ1n) is 8.63. The van der Waals surface area contributed by atoms with Gasteiger partial charge in [0, 0.05) is 37.0 Å². The van der Waals surface area contributed by atoms with Crippen LogP contribution in [0.3, 0.4) is 0 Å². The molecule has 0 fully saturated rings. The van der Waals surface area contributed by atoms with E-state index in [9.17, 15) is 0 Å². The molecule has 120 valence electrons. The number of rotatable bonds is 2. The number of nitrogens with two attached hydrogens (primary N) is 1. The van der Waals surface area contributed by atoms with Crippen molar-refractivity contribution >= 4 is 38.5 Å². The summed E-state index contributed by atoms with van der Waals surface area (Å²) in [6, 6.07) is 17.1. The largest absolute Gasteiger partial charge is 0.368 e. The summed E-state index contributed by atoms with van der Waals surface area (Å²) in [5.74, 6) is 0. The maximum absolute atomic E-state index is 5.91. The van der Waals surface area contributed by atoms with Crippen molar-refractivity contribution in [2.45, 2.75) is 13.0 Å². The molecule has 0 aliphatic carbocycles. The normalized spacial score (nSPS) is 14.6. The number of aromatic nitrogens is 2. The van der Waals surface area contributed by atoms with Crippen molar-refractivity contribution in [3.63, 3.8) is 0 Å². The zero-order valence-electron chi connectivity index (χ0n) is 13.6. The number of anilines is 1. The van der Waals surface area contributed by atoms with E-state index in [4.69, 9.17) is 10.7 Å². The lowest BCUT2D eigenvalue weighted by Gasteiger charge is -2.24. The Kier molecular flexibility index (Phi) is 3.00. The summed E-state index contributed by atoms with van der Waals surface area (Å²) in [6.07, 6.45) is 1.12. The topological polar surface area (TPSA) is 47.1 Å². The van der Waals surface area contributed by atoms with Gasteiger partial charge in [-0.2, -0.15) is 0 Å². The fraction of sp³-hybridized carbons (Fsp3) is 0.250. The van der Waals surface area contributed by atoms with E-state index in [0.29, 0.717) is 6.54 Å². The molecular weight excluding hydrogens is 296 g/mol. The minimum absolute atomic E-state index is 0.665. The molecule has 0 bridgehead atoms. The minimum atomic E-state index is 0.665. The van der Waals surface area contributed by atoms with Crippen LogP contribution in [0.1, 0.15) is 6.42 Å². The van der Waals surface area contributed by atoms with Crippen LogP contribution >= 0.6 is 0 Å². The molecule has 0 radical (unpaired) electrons. The molecule has 5 rings (SSSR count). The Morgan fingerprint density at radius 3 is 2.62 bits per heavy atom. The number of para-hydroxylation sites is 2. The first-order chi connectivity index (χ1) is 11.9. The van der Waals surface area contributed by atoms with Gasteiger partial charge in [-0.3, -0.25) is 0 Å². The zero-order valence-corrected chi connectivity index (χ0v) is 13.6. The van der Waals surface area contributed by atoms with E-state index < -0.39 is 0 Å². The van der Waals surface area contributed by atoms with Gasteiger partial charge in [-0.25, -0.2) is 4.98 Å². The first-order valence-corrected chi connectivity index (χ1v) is 8.63. The number of benzene rings is 2. The van der Waals surface area contributed by atoms with Crippen molar-refractivity contribution in [1.29, 1.82) is 0 Å². The Bertz CT molecular complexity index is 1060. The highest BCUT2D eigenvalue weighted by Gasteiger charge is 2.23. The standard InChI is InChI=1S/C20H20N4/c21-10-13-23-11-5-12-24-17-9-4-2-7-15(17)18-20(24)19(23)14-6-1-3-8-16(14)22-18/h1-4,6-9H,5,10-13,21H2. The Labute approximate surface area is 140 Å². The van der Waals surface area contributed by atoms with Gasteiger partial charge in [-0.05, 0) is 18.6 Å². The highest BCUT2D eigenvalue weighted by atomic mass is 15.2.